The van der Waals surface area contributed by atoms with Gasteiger partial charge in [0.05, 0.1) is 11.6 Å². The first-order valence-corrected chi connectivity index (χ1v) is 7.54. The molecule has 0 aliphatic heterocycles. The fraction of sp³-hybridized carbons (Fsp3) is 0.118. The molecule has 24 heavy (non-hydrogen) atoms. The fourth-order valence-corrected chi connectivity index (χ4v) is 2.40. The Labute approximate surface area is 145 Å². The minimum Gasteiger partial charge on any atom is -0.503 e. The van der Waals surface area contributed by atoms with Gasteiger partial charge >= 0.3 is 6.61 Å². The van der Waals surface area contributed by atoms with Crippen molar-refractivity contribution in [1.29, 1.82) is 0 Å². The van der Waals surface area contributed by atoms with Crippen LogP contribution in [0.1, 0.15) is 15.9 Å². The average Bonchev–Trinajstić information content (AvgIpc) is 2.55. The van der Waals surface area contributed by atoms with E-state index in [1.54, 1.807) is 12.1 Å². The van der Waals surface area contributed by atoms with Gasteiger partial charge in [-0.3, -0.25) is 4.79 Å². The number of phenols is 1. The first kappa shape index (κ1) is 17.9. The monoisotopic (exact) mass is 398 g/mol. The summed E-state index contributed by atoms with van der Waals surface area (Å²) in [6, 6.07) is 8.70. The molecule has 0 aliphatic rings. The van der Waals surface area contributed by atoms with Gasteiger partial charge in [0.1, 0.15) is 5.75 Å². The molecular formula is C17H13BrF2O4. The number of allylic oxidation sites excluding steroid dienone is 1. The number of alkyl halides is 2. The maximum absolute atomic E-state index is 12.2. The molecule has 0 amide bonds. The molecule has 0 saturated carbocycles. The summed E-state index contributed by atoms with van der Waals surface area (Å²) >= 11 is 3.19. The minimum absolute atomic E-state index is 0.0437. The van der Waals surface area contributed by atoms with Gasteiger partial charge < -0.3 is 14.6 Å². The molecule has 0 heterocycles. The van der Waals surface area contributed by atoms with Gasteiger partial charge in [-0.15, -0.1) is 0 Å². The number of methoxy groups -OCH3 is 1. The smallest absolute Gasteiger partial charge is 0.387 e. The van der Waals surface area contributed by atoms with Crippen LogP contribution >= 0.6 is 15.9 Å². The summed E-state index contributed by atoms with van der Waals surface area (Å²) in [7, 11) is 1.41. The second-order valence-electron chi connectivity index (χ2n) is 4.66. The number of phenolic OH excluding ortho intramolecular Hbond substituents is 1. The van der Waals surface area contributed by atoms with Crippen LogP contribution < -0.4 is 9.47 Å². The maximum Gasteiger partial charge on any atom is 0.387 e. The van der Waals surface area contributed by atoms with Gasteiger partial charge in [-0.1, -0.05) is 18.2 Å². The number of aromatic hydroxyl groups is 1. The number of ether oxygens (including phenoxy) is 2. The zero-order valence-electron chi connectivity index (χ0n) is 12.5. The van der Waals surface area contributed by atoms with E-state index in [0.717, 1.165) is 0 Å². The van der Waals surface area contributed by atoms with Gasteiger partial charge in [-0.25, -0.2) is 0 Å². The summed E-state index contributed by atoms with van der Waals surface area (Å²) in [4.78, 5) is 12.1. The largest absolute Gasteiger partial charge is 0.503 e. The highest BCUT2D eigenvalue weighted by molar-refractivity contribution is 9.10. The standard InChI is InChI=1S/C17H13BrF2O4/c1-23-15-8-10(7-13(18)16(15)22)5-6-14(21)11-3-2-4-12(9-11)24-17(19)20/h2-9,17,22H,1H3/b6-5+. The summed E-state index contributed by atoms with van der Waals surface area (Å²) in [5.41, 5.74) is 0.832. The minimum atomic E-state index is -2.95. The number of carbonyl (C=O) groups excluding carboxylic acids is 1. The number of ketones is 1. The van der Waals surface area contributed by atoms with Crippen molar-refractivity contribution in [3.63, 3.8) is 0 Å². The molecule has 7 heteroatoms. The molecule has 0 radical (unpaired) electrons. The second kappa shape index (κ2) is 7.92. The van der Waals surface area contributed by atoms with Crippen molar-refractivity contribution in [1.82, 2.24) is 0 Å². The Bertz CT molecular complexity index is 775. The highest BCUT2D eigenvalue weighted by Gasteiger charge is 2.09. The average molecular weight is 399 g/mol. The number of hydrogen-bond acceptors (Lipinski definition) is 4. The van der Waals surface area contributed by atoms with Crippen LogP contribution in [0.15, 0.2) is 46.9 Å². The number of benzene rings is 2. The Morgan fingerprint density at radius 1 is 1.29 bits per heavy atom. The highest BCUT2D eigenvalue weighted by atomic mass is 79.9. The molecule has 2 rings (SSSR count). The lowest BCUT2D eigenvalue weighted by Gasteiger charge is -2.06. The molecule has 0 unspecified atom stereocenters. The second-order valence-corrected chi connectivity index (χ2v) is 5.51. The Morgan fingerprint density at radius 2 is 2.04 bits per heavy atom. The third kappa shape index (κ3) is 4.55. The van der Waals surface area contributed by atoms with E-state index in [9.17, 15) is 18.7 Å². The normalized spacial score (nSPS) is 11.0. The van der Waals surface area contributed by atoms with E-state index in [4.69, 9.17) is 4.74 Å². The quantitative estimate of drug-likeness (QED) is 0.567. The lowest BCUT2D eigenvalue weighted by atomic mass is 10.1. The summed E-state index contributed by atoms with van der Waals surface area (Å²) in [6.45, 7) is -2.95. The van der Waals surface area contributed by atoms with E-state index < -0.39 is 6.61 Å². The van der Waals surface area contributed by atoms with Gasteiger partial charge in [0.2, 0.25) is 0 Å². The van der Waals surface area contributed by atoms with Crippen molar-refractivity contribution in [2.24, 2.45) is 0 Å². The van der Waals surface area contributed by atoms with Gasteiger partial charge in [-0.2, -0.15) is 8.78 Å². The zero-order valence-corrected chi connectivity index (χ0v) is 14.1. The van der Waals surface area contributed by atoms with Crippen LogP contribution in [0.25, 0.3) is 6.08 Å². The highest BCUT2D eigenvalue weighted by Crippen LogP contribution is 2.35. The van der Waals surface area contributed by atoms with Crippen molar-refractivity contribution < 1.29 is 28.2 Å². The van der Waals surface area contributed by atoms with Gasteiger partial charge in [0.15, 0.2) is 17.3 Å². The Balaban J connectivity index is 2.20. The fourth-order valence-electron chi connectivity index (χ4n) is 1.94. The first-order valence-electron chi connectivity index (χ1n) is 6.74. The molecule has 0 spiro atoms. The molecule has 0 bridgehead atoms. The number of carbonyl (C=O) groups is 1. The molecule has 0 atom stereocenters. The number of rotatable bonds is 6. The predicted octanol–water partition coefficient (Wildman–Crippen LogP) is 4.66. The van der Waals surface area contributed by atoms with Crippen molar-refractivity contribution >= 4 is 27.8 Å². The third-order valence-corrected chi connectivity index (χ3v) is 3.65. The van der Waals surface area contributed by atoms with Crippen LogP contribution in [0.3, 0.4) is 0 Å². The molecule has 0 aliphatic carbocycles. The van der Waals surface area contributed by atoms with Crippen molar-refractivity contribution in [2.45, 2.75) is 6.61 Å². The van der Waals surface area contributed by atoms with Gasteiger partial charge in [-0.05, 0) is 51.8 Å². The molecule has 0 saturated heterocycles. The third-order valence-electron chi connectivity index (χ3n) is 3.04. The molecular weight excluding hydrogens is 386 g/mol. The first-order chi connectivity index (χ1) is 11.4. The predicted molar refractivity (Wildman–Crippen MR) is 88.8 cm³/mol. The number of halogens is 3. The SMILES string of the molecule is COc1cc(/C=C/C(=O)c2cccc(OC(F)F)c2)cc(Br)c1O. The topological polar surface area (TPSA) is 55.8 Å². The number of hydrogen-bond donors (Lipinski definition) is 1. The molecule has 1 N–H and O–H groups in total. The van der Waals surface area contributed by atoms with Crippen LogP contribution in [-0.4, -0.2) is 24.6 Å². The molecule has 2 aromatic rings. The zero-order chi connectivity index (χ0) is 17.7. The molecule has 4 nitrogen and oxygen atoms in total. The summed E-state index contributed by atoms with van der Waals surface area (Å²) < 4.78 is 34.1. The molecule has 0 aromatic heterocycles. The van der Waals surface area contributed by atoms with Crippen LogP contribution in [-0.2, 0) is 0 Å². The van der Waals surface area contributed by atoms with Crippen molar-refractivity contribution in [2.75, 3.05) is 7.11 Å². The van der Waals surface area contributed by atoms with E-state index in [-0.39, 0.29) is 28.6 Å². The lowest BCUT2D eigenvalue weighted by Crippen LogP contribution is -2.03. The summed E-state index contributed by atoms with van der Waals surface area (Å²) in [5.74, 6) is -0.252. The molecule has 0 fully saturated rings. The lowest BCUT2D eigenvalue weighted by molar-refractivity contribution is -0.0498. The summed E-state index contributed by atoms with van der Waals surface area (Å²) in [5, 5.41) is 9.74. The van der Waals surface area contributed by atoms with E-state index in [1.165, 1.54) is 43.5 Å². The molecule has 2 aromatic carbocycles. The van der Waals surface area contributed by atoms with Crippen molar-refractivity contribution in [3.8, 4) is 17.2 Å². The Kier molecular flexibility index (Phi) is 5.92. The van der Waals surface area contributed by atoms with Crippen LogP contribution in [0.5, 0.6) is 17.2 Å². The Morgan fingerprint density at radius 3 is 2.71 bits per heavy atom. The van der Waals surface area contributed by atoms with Gasteiger partial charge in [0.25, 0.3) is 0 Å². The molecule has 126 valence electrons. The maximum atomic E-state index is 12.2. The van der Waals surface area contributed by atoms with Crippen LogP contribution in [0, 0.1) is 0 Å². The van der Waals surface area contributed by atoms with Gasteiger partial charge in [0, 0.05) is 5.56 Å². The Hall–Kier alpha value is -2.41. The van der Waals surface area contributed by atoms with E-state index in [1.807, 2.05) is 0 Å². The summed E-state index contributed by atoms with van der Waals surface area (Å²) in [6.07, 6.45) is 2.81. The van der Waals surface area contributed by atoms with E-state index in [2.05, 4.69) is 20.7 Å². The van der Waals surface area contributed by atoms with Crippen LogP contribution in [0.2, 0.25) is 0 Å². The van der Waals surface area contributed by atoms with Crippen molar-refractivity contribution in [3.05, 3.63) is 58.1 Å². The van der Waals surface area contributed by atoms with E-state index >= 15 is 0 Å². The van der Waals surface area contributed by atoms with E-state index in [0.29, 0.717) is 10.0 Å². The van der Waals surface area contributed by atoms with Crippen LogP contribution in [0.4, 0.5) is 8.78 Å².